The molecule has 2 bridgehead atoms. The third-order valence-corrected chi connectivity index (χ3v) is 7.58. The molecule has 8 nitrogen and oxygen atoms in total. The summed E-state index contributed by atoms with van der Waals surface area (Å²) in [5.41, 5.74) is -0.269. The van der Waals surface area contributed by atoms with Crippen LogP contribution in [0.25, 0.3) is 5.65 Å². The number of rotatable bonds is 6. The molecule has 1 amide bonds. The summed E-state index contributed by atoms with van der Waals surface area (Å²) in [6.07, 6.45) is 6.13. The van der Waals surface area contributed by atoms with Gasteiger partial charge in [0.15, 0.2) is 11.4 Å². The smallest absolute Gasteiger partial charge is 0.274 e. The second-order valence-electron chi connectivity index (χ2n) is 10.8. The predicted molar refractivity (Wildman–Crippen MR) is 128 cm³/mol. The summed E-state index contributed by atoms with van der Waals surface area (Å²) in [6.45, 7) is 6.08. The number of amides is 1. The molecule has 1 aliphatic heterocycles. The molecule has 0 radical (unpaired) electrons. The van der Waals surface area contributed by atoms with Crippen molar-refractivity contribution in [3.05, 3.63) is 58.2 Å². The molecule has 3 aromatic rings. The van der Waals surface area contributed by atoms with Crippen molar-refractivity contribution in [2.24, 2.45) is 0 Å². The van der Waals surface area contributed by atoms with Crippen molar-refractivity contribution in [2.45, 2.75) is 75.8 Å². The minimum Gasteiger partial charge on any atom is -0.487 e. The van der Waals surface area contributed by atoms with E-state index in [0.29, 0.717) is 6.61 Å². The standard InChI is InChI=1S/C26H28F2N4O4/c1-14(2)36-21-15(23(33)29-17-5-4-8-32(24(17)34)18-9-16(18)27)10-31-11-19(30-22(31)20(21)28)26-7-6-25(3,12-26)35-13-26/h4-5,8,10-11,14,16,18H,6-7,9,12-13H2,1-3H3,(H,29,33)/t16-,18+,25-,26-/m1/s1. The summed E-state index contributed by atoms with van der Waals surface area (Å²) in [6, 6.07) is 2.48. The summed E-state index contributed by atoms with van der Waals surface area (Å²) in [5, 5.41) is 2.57. The van der Waals surface area contributed by atoms with Gasteiger partial charge in [-0.05, 0) is 52.2 Å². The Bertz CT molecular complexity index is 1440. The molecule has 1 N–H and O–H groups in total. The molecule has 3 aliphatic rings. The Kier molecular flexibility index (Phi) is 5.06. The lowest BCUT2D eigenvalue weighted by atomic mass is 9.84. The van der Waals surface area contributed by atoms with Crippen LogP contribution in [0.4, 0.5) is 14.5 Å². The number of alkyl halides is 1. The van der Waals surface area contributed by atoms with E-state index in [1.54, 1.807) is 26.1 Å². The van der Waals surface area contributed by atoms with Gasteiger partial charge in [0, 0.05) is 30.4 Å². The Balaban J connectivity index is 1.39. The zero-order chi connectivity index (χ0) is 25.4. The van der Waals surface area contributed by atoms with Crippen LogP contribution in [0.15, 0.2) is 35.5 Å². The monoisotopic (exact) mass is 498 g/mol. The van der Waals surface area contributed by atoms with Gasteiger partial charge >= 0.3 is 0 Å². The van der Waals surface area contributed by atoms with Gasteiger partial charge in [0.1, 0.15) is 17.4 Å². The topological polar surface area (TPSA) is 86.9 Å². The number of aromatic nitrogens is 3. The third-order valence-electron chi connectivity index (χ3n) is 7.58. The Labute approximate surface area is 206 Å². The first-order chi connectivity index (χ1) is 17.1. The summed E-state index contributed by atoms with van der Waals surface area (Å²) >= 11 is 0. The number of ether oxygens (including phenoxy) is 2. The molecule has 4 atom stereocenters. The van der Waals surface area contributed by atoms with Crippen molar-refractivity contribution >= 4 is 17.2 Å². The molecule has 0 aromatic carbocycles. The lowest BCUT2D eigenvalue weighted by Gasteiger charge is -2.24. The zero-order valence-corrected chi connectivity index (χ0v) is 20.4. The molecule has 10 heteroatoms. The molecular weight excluding hydrogens is 470 g/mol. The van der Waals surface area contributed by atoms with Gasteiger partial charge in [-0.2, -0.15) is 4.39 Å². The third kappa shape index (κ3) is 3.61. The maximum absolute atomic E-state index is 15.8. The second-order valence-corrected chi connectivity index (χ2v) is 10.8. The number of carbonyl (C=O) groups excluding carboxylic acids is 1. The summed E-state index contributed by atoms with van der Waals surface area (Å²) in [7, 11) is 0. The molecular formula is C26H28F2N4O4. The lowest BCUT2D eigenvalue weighted by molar-refractivity contribution is -0.00627. The van der Waals surface area contributed by atoms with E-state index < -0.39 is 35.6 Å². The summed E-state index contributed by atoms with van der Waals surface area (Å²) in [5.74, 6) is -1.69. The van der Waals surface area contributed by atoms with Crippen LogP contribution in [0, 0.1) is 5.82 Å². The zero-order valence-electron chi connectivity index (χ0n) is 20.4. The number of nitrogens with one attached hydrogen (secondary N) is 1. The van der Waals surface area contributed by atoms with E-state index in [4.69, 9.17) is 9.47 Å². The van der Waals surface area contributed by atoms with Crippen molar-refractivity contribution in [1.29, 1.82) is 0 Å². The fourth-order valence-corrected chi connectivity index (χ4v) is 5.58. The van der Waals surface area contributed by atoms with E-state index in [0.717, 1.165) is 25.0 Å². The first-order valence-electron chi connectivity index (χ1n) is 12.3. The highest BCUT2D eigenvalue weighted by molar-refractivity contribution is 6.06. The quantitative estimate of drug-likeness (QED) is 0.551. The van der Waals surface area contributed by atoms with Crippen LogP contribution < -0.4 is 15.6 Å². The van der Waals surface area contributed by atoms with E-state index in [9.17, 15) is 14.0 Å². The first-order valence-corrected chi connectivity index (χ1v) is 12.3. The number of hydrogen-bond acceptors (Lipinski definition) is 5. The van der Waals surface area contributed by atoms with Crippen molar-refractivity contribution in [3.8, 4) is 5.75 Å². The lowest BCUT2D eigenvalue weighted by Crippen LogP contribution is -2.26. The highest BCUT2D eigenvalue weighted by Crippen LogP contribution is 2.53. The average Bonchev–Trinajstić information content (AvgIpc) is 3.15. The minimum absolute atomic E-state index is 0.0174. The number of carbonyl (C=O) groups is 1. The average molecular weight is 499 g/mol. The van der Waals surface area contributed by atoms with Crippen LogP contribution in [0.2, 0.25) is 0 Å². The Hall–Kier alpha value is -3.27. The molecule has 36 heavy (non-hydrogen) atoms. The highest BCUT2D eigenvalue weighted by Gasteiger charge is 2.55. The summed E-state index contributed by atoms with van der Waals surface area (Å²) < 4.78 is 43.8. The number of nitrogens with zero attached hydrogens (tertiary/aromatic N) is 3. The van der Waals surface area contributed by atoms with Gasteiger partial charge in [-0.25, -0.2) is 9.37 Å². The molecule has 6 rings (SSSR count). The van der Waals surface area contributed by atoms with Crippen molar-refractivity contribution in [2.75, 3.05) is 11.9 Å². The van der Waals surface area contributed by atoms with Gasteiger partial charge in [-0.3, -0.25) is 9.59 Å². The fraction of sp³-hybridized carbons (Fsp3) is 0.500. The molecule has 0 spiro atoms. The Morgan fingerprint density at radius 3 is 2.72 bits per heavy atom. The second kappa shape index (κ2) is 7.86. The number of imidazole rings is 1. The van der Waals surface area contributed by atoms with Gasteiger partial charge < -0.3 is 23.8 Å². The van der Waals surface area contributed by atoms with Crippen LogP contribution in [0.3, 0.4) is 0 Å². The molecule has 3 fully saturated rings. The first kappa shape index (κ1) is 23.1. The normalized spacial score (nSPS) is 28.7. The number of halogens is 2. The summed E-state index contributed by atoms with van der Waals surface area (Å²) in [4.78, 5) is 30.7. The van der Waals surface area contributed by atoms with Gasteiger partial charge in [-0.15, -0.1) is 0 Å². The Morgan fingerprint density at radius 2 is 2.11 bits per heavy atom. The van der Waals surface area contributed by atoms with Gasteiger partial charge in [0.05, 0.1) is 30.0 Å². The number of anilines is 1. The maximum Gasteiger partial charge on any atom is 0.274 e. The van der Waals surface area contributed by atoms with Crippen LogP contribution in [0.1, 0.15) is 68.5 Å². The van der Waals surface area contributed by atoms with Gasteiger partial charge in [0.2, 0.25) is 5.82 Å². The number of hydrogen-bond donors (Lipinski definition) is 1. The number of fused-ring (bicyclic) bond motifs is 3. The van der Waals surface area contributed by atoms with Crippen LogP contribution >= 0.6 is 0 Å². The minimum atomic E-state index is -1.07. The van der Waals surface area contributed by atoms with Crippen molar-refractivity contribution in [3.63, 3.8) is 0 Å². The number of pyridine rings is 2. The van der Waals surface area contributed by atoms with Crippen LogP contribution in [-0.4, -0.2) is 44.3 Å². The van der Waals surface area contributed by atoms with E-state index in [1.807, 2.05) is 0 Å². The van der Waals surface area contributed by atoms with Crippen LogP contribution in [-0.2, 0) is 10.2 Å². The molecule has 2 aliphatic carbocycles. The molecule has 1 saturated heterocycles. The largest absolute Gasteiger partial charge is 0.487 e. The Morgan fingerprint density at radius 1 is 1.33 bits per heavy atom. The molecule has 0 unspecified atom stereocenters. The van der Waals surface area contributed by atoms with Crippen molar-refractivity contribution in [1.82, 2.24) is 14.0 Å². The van der Waals surface area contributed by atoms with Crippen LogP contribution in [0.5, 0.6) is 5.75 Å². The SMILES string of the molecule is CC(C)Oc1c(C(=O)Nc2cccn([C@H]3C[C@H]3F)c2=O)cn2cc([C@]34CC[C@](C)(C3)OC4)nc2c1F. The molecule has 190 valence electrons. The maximum atomic E-state index is 15.8. The highest BCUT2D eigenvalue weighted by atomic mass is 19.1. The van der Waals surface area contributed by atoms with E-state index in [-0.39, 0.29) is 40.1 Å². The fourth-order valence-electron chi connectivity index (χ4n) is 5.58. The van der Waals surface area contributed by atoms with Gasteiger partial charge in [0.25, 0.3) is 11.5 Å². The van der Waals surface area contributed by atoms with E-state index >= 15 is 4.39 Å². The predicted octanol–water partition coefficient (Wildman–Crippen LogP) is 4.17. The molecule has 2 saturated carbocycles. The van der Waals surface area contributed by atoms with Crippen molar-refractivity contribution < 1.29 is 23.0 Å². The van der Waals surface area contributed by atoms with E-state index in [2.05, 4.69) is 17.2 Å². The molecule has 3 aromatic heterocycles. The van der Waals surface area contributed by atoms with E-state index in [1.165, 1.54) is 27.4 Å². The molecule has 4 heterocycles. The van der Waals surface area contributed by atoms with Gasteiger partial charge in [-0.1, -0.05) is 0 Å².